The van der Waals surface area contributed by atoms with Crippen molar-refractivity contribution in [1.82, 2.24) is 16.0 Å². The highest BCUT2D eigenvalue weighted by molar-refractivity contribution is 5.95. The minimum atomic E-state index is -1.64. The number of carbonyl (C=O) groups excluding carboxylic acids is 3. The van der Waals surface area contributed by atoms with E-state index in [9.17, 15) is 34.2 Å². The lowest BCUT2D eigenvalue weighted by atomic mass is 10.0. The molecule has 0 spiro atoms. The molecule has 0 bridgehead atoms. The number of unbranched alkanes of at least 4 members (excludes halogenated alkanes) is 1. The van der Waals surface area contributed by atoms with Gasteiger partial charge in [0.2, 0.25) is 17.7 Å². The minimum absolute atomic E-state index is 0.299. The van der Waals surface area contributed by atoms with E-state index in [0.717, 1.165) is 0 Å². The molecule has 13 heteroatoms. The van der Waals surface area contributed by atoms with Crippen molar-refractivity contribution in [2.45, 2.75) is 76.7 Å². The summed E-state index contributed by atoms with van der Waals surface area (Å²) in [5.41, 5.74) is 11.2. The third-order valence-electron chi connectivity index (χ3n) is 4.61. The van der Waals surface area contributed by atoms with Gasteiger partial charge in [0.15, 0.2) is 0 Å². The number of aliphatic hydroxyl groups excluding tert-OH is 1. The van der Waals surface area contributed by atoms with Crippen LogP contribution in [0, 0.1) is 5.92 Å². The maximum absolute atomic E-state index is 12.6. The first kappa shape index (κ1) is 29.2. The van der Waals surface area contributed by atoms with Gasteiger partial charge in [0, 0.05) is 0 Å². The van der Waals surface area contributed by atoms with E-state index in [2.05, 4.69) is 16.0 Å². The number of carboxylic acids is 2. The number of aliphatic carboxylic acids is 2. The molecule has 0 saturated carbocycles. The van der Waals surface area contributed by atoms with Gasteiger partial charge < -0.3 is 42.7 Å². The number of carbonyl (C=O) groups is 5. The summed E-state index contributed by atoms with van der Waals surface area (Å²) in [7, 11) is 0. The molecule has 5 unspecified atom stereocenters. The van der Waals surface area contributed by atoms with Gasteiger partial charge in [-0.05, 0) is 32.2 Å². The molecule has 32 heavy (non-hydrogen) atoms. The van der Waals surface area contributed by atoms with E-state index in [0.29, 0.717) is 25.8 Å². The molecule has 0 heterocycles. The molecule has 13 nitrogen and oxygen atoms in total. The Bertz CT molecular complexity index is 670. The summed E-state index contributed by atoms with van der Waals surface area (Å²) in [5, 5.41) is 34.8. The van der Waals surface area contributed by atoms with Crippen molar-refractivity contribution in [3.8, 4) is 0 Å². The first-order valence-corrected chi connectivity index (χ1v) is 10.3. The summed E-state index contributed by atoms with van der Waals surface area (Å²) < 4.78 is 0. The fourth-order valence-corrected chi connectivity index (χ4v) is 2.72. The van der Waals surface area contributed by atoms with E-state index in [1.54, 1.807) is 13.8 Å². The Balaban J connectivity index is 5.35. The molecule has 0 aliphatic heterocycles. The maximum atomic E-state index is 12.6. The zero-order valence-electron chi connectivity index (χ0n) is 18.5. The molecule has 0 aliphatic carbocycles. The van der Waals surface area contributed by atoms with Gasteiger partial charge in [0.1, 0.15) is 18.1 Å². The zero-order chi connectivity index (χ0) is 25.0. The van der Waals surface area contributed by atoms with Gasteiger partial charge in [-0.3, -0.25) is 19.2 Å². The molecule has 0 aromatic carbocycles. The Kier molecular flexibility index (Phi) is 13.1. The summed E-state index contributed by atoms with van der Waals surface area (Å²) >= 11 is 0. The lowest BCUT2D eigenvalue weighted by Crippen LogP contribution is -2.60. The monoisotopic (exact) mass is 461 g/mol. The highest BCUT2D eigenvalue weighted by Gasteiger charge is 2.33. The molecule has 0 rings (SSSR count). The van der Waals surface area contributed by atoms with Crippen LogP contribution in [0.4, 0.5) is 0 Å². The number of rotatable bonds is 15. The molecule has 184 valence electrons. The molecular weight excluding hydrogens is 426 g/mol. The van der Waals surface area contributed by atoms with Crippen LogP contribution in [0.15, 0.2) is 0 Å². The number of aliphatic hydroxyl groups is 1. The average molecular weight is 462 g/mol. The SMILES string of the molecule is CC(C)C(NC(=O)C(CC(=O)O)NC(=O)C(NC(=O)C(N)CCCCN)C(C)O)C(=O)O. The van der Waals surface area contributed by atoms with Gasteiger partial charge in [0.25, 0.3) is 0 Å². The van der Waals surface area contributed by atoms with Crippen molar-refractivity contribution < 1.29 is 39.3 Å². The van der Waals surface area contributed by atoms with E-state index >= 15 is 0 Å². The second kappa shape index (κ2) is 14.3. The standard InChI is InChI=1S/C19H35N5O8/c1-9(2)14(19(31)32)23-17(29)12(8-13(26)27)22-18(30)15(10(3)25)24-16(28)11(21)6-4-5-7-20/h9-12,14-15,25H,4-8,20-21H2,1-3H3,(H,22,30)(H,23,29)(H,24,28)(H,26,27)(H,31,32). The number of hydrogen-bond donors (Lipinski definition) is 8. The molecule has 5 atom stereocenters. The first-order valence-electron chi connectivity index (χ1n) is 10.3. The van der Waals surface area contributed by atoms with Crippen LogP contribution in [-0.2, 0) is 24.0 Å². The van der Waals surface area contributed by atoms with Crippen LogP contribution >= 0.6 is 0 Å². The lowest BCUT2D eigenvalue weighted by molar-refractivity contribution is -0.144. The van der Waals surface area contributed by atoms with Gasteiger partial charge >= 0.3 is 11.9 Å². The van der Waals surface area contributed by atoms with Crippen molar-refractivity contribution in [2.75, 3.05) is 6.54 Å². The normalized spacial score (nSPS) is 15.7. The number of amides is 3. The van der Waals surface area contributed by atoms with E-state index in [1.165, 1.54) is 6.92 Å². The summed E-state index contributed by atoms with van der Waals surface area (Å²) in [4.78, 5) is 59.8. The Morgan fingerprint density at radius 3 is 1.84 bits per heavy atom. The van der Waals surface area contributed by atoms with Gasteiger partial charge in [-0.25, -0.2) is 4.79 Å². The van der Waals surface area contributed by atoms with Crippen molar-refractivity contribution in [1.29, 1.82) is 0 Å². The summed E-state index contributed by atoms with van der Waals surface area (Å²) in [6.45, 7) is 4.73. The molecule has 3 amide bonds. The van der Waals surface area contributed by atoms with Gasteiger partial charge in [0.05, 0.1) is 18.6 Å². The fraction of sp³-hybridized carbons (Fsp3) is 0.737. The third-order valence-corrected chi connectivity index (χ3v) is 4.61. The molecule has 0 aromatic heterocycles. The molecule has 0 aliphatic rings. The quantitative estimate of drug-likeness (QED) is 0.119. The number of nitrogens with one attached hydrogen (secondary N) is 3. The van der Waals surface area contributed by atoms with E-state index in [4.69, 9.17) is 16.6 Å². The molecule has 0 saturated heterocycles. The van der Waals surface area contributed by atoms with Crippen molar-refractivity contribution >= 4 is 29.7 Å². The largest absolute Gasteiger partial charge is 0.481 e. The Labute approximate surface area is 186 Å². The Morgan fingerprint density at radius 2 is 1.41 bits per heavy atom. The van der Waals surface area contributed by atoms with Gasteiger partial charge in [-0.1, -0.05) is 20.3 Å². The number of nitrogens with two attached hydrogens (primary N) is 2. The van der Waals surface area contributed by atoms with Crippen molar-refractivity contribution in [3.05, 3.63) is 0 Å². The highest BCUT2D eigenvalue weighted by atomic mass is 16.4. The van der Waals surface area contributed by atoms with E-state index in [-0.39, 0.29) is 0 Å². The van der Waals surface area contributed by atoms with Crippen LogP contribution < -0.4 is 27.4 Å². The lowest BCUT2D eigenvalue weighted by Gasteiger charge is -2.26. The highest BCUT2D eigenvalue weighted by Crippen LogP contribution is 2.05. The Hall–Kier alpha value is -2.77. The average Bonchev–Trinajstić information content (AvgIpc) is 2.67. The summed E-state index contributed by atoms with van der Waals surface area (Å²) in [6, 6.07) is -5.44. The predicted molar refractivity (Wildman–Crippen MR) is 113 cm³/mol. The molecule has 0 radical (unpaired) electrons. The van der Waals surface area contributed by atoms with Crippen molar-refractivity contribution in [2.24, 2.45) is 17.4 Å². The van der Waals surface area contributed by atoms with Crippen LogP contribution in [-0.4, -0.2) is 81.8 Å². The van der Waals surface area contributed by atoms with E-state index < -0.39 is 72.3 Å². The number of hydrogen-bond acceptors (Lipinski definition) is 8. The predicted octanol–water partition coefficient (Wildman–Crippen LogP) is -2.51. The topological polar surface area (TPSA) is 234 Å². The first-order chi connectivity index (χ1) is 14.8. The molecular formula is C19H35N5O8. The fourth-order valence-electron chi connectivity index (χ4n) is 2.72. The Morgan fingerprint density at radius 1 is 0.844 bits per heavy atom. The van der Waals surface area contributed by atoms with Crippen LogP contribution in [0.3, 0.4) is 0 Å². The number of carboxylic acid groups (broad SMARTS) is 2. The van der Waals surface area contributed by atoms with Crippen molar-refractivity contribution in [3.63, 3.8) is 0 Å². The molecule has 0 aromatic rings. The molecule has 0 fully saturated rings. The van der Waals surface area contributed by atoms with Crippen LogP contribution in [0.5, 0.6) is 0 Å². The third kappa shape index (κ3) is 10.5. The maximum Gasteiger partial charge on any atom is 0.326 e. The smallest absolute Gasteiger partial charge is 0.326 e. The second-order valence-corrected chi connectivity index (χ2v) is 7.85. The van der Waals surface area contributed by atoms with E-state index in [1.807, 2.05) is 0 Å². The van der Waals surface area contributed by atoms with Crippen LogP contribution in [0.25, 0.3) is 0 Å². The molecule has 10 N–H and O–H groups in total. The zero-order valence-corrected chi connectivity index (χ0v) is 18.5. The second-order valence-electron chi connectivity index (χ2n) is 7.85. The van der Waals surface area contributed by atoms with Gasteiger partial charge in [-0.15, -0.1) is 0 Å². The van der Waals surface area contributed by atoms with Gasteiger partial charge in [-0.2, -0.15) is 0 Å². The minimum Gasteiger partial charge on any atom is -0.481 e. The van der Waals surface area contributed by atoms with Crippen LogP contribution in [0.2, 0.25) is 0 Å². The van der Waals surface area contributed by atoms with Crippen LogP contribution in [0.1, 0.15) is 46.5 Å². The summed E-state index contributed by atoms with van der Waals surface area (Å²) in [6.07, 6.45) is -0.709. The summed E-state index contributed by atoms with van der Waals surface area (Å²) in [5.74, 6) is -6.04.